The van der Waals surface area contributed by atoms with E-state index in [4.69, 9.17) is 5.11 Å². The lowest BCUT2D eigenvalue weighted by atomic mass is 9.85. The molecule has 2 N–H and O–H groups in total. The molecule has 2 fully saturated rings. The van der Waals surface area contributed by atoms with Crippen LogP contribution in [-0.4, -0.2) is 50.9 Å². The summed E-state index contributed by atoms with van der Waals surface area (Å²) in [5, 5.41) is 17.1. The first-order valence-corrected chi connectivity index (χ1v) is 9.04. The van der Waals surface area contributed by atoms with E-state index in [1.54, 1.807) is 0 Å². The second kappa shape index (κ2) is 6.84. The lowest BCUT2D eigenvalue weighted by Gasteiger charge is -2.43. The van der Waals surface area contributed by atoms with Crippen LogP contribution in [-0.2, 0) is 16.9 Å². The average Bonchev–Trinajstić information content (AvgIpc) is 3.09. The molecule has 0 saturated heterocycles. The van der Waals surface area contributed by atoms with Gasteiger partial charge in [0.25, 0.3) is 0 Å². The fourth-order valence-corrected chi connectivity index (χ4v) is 3.28. The van der Waals surface area contributed by atoms with Crippen molar-refractivity contribution in [2.24, 2.45) is 5.92 Å². The zero-order valence-corrected chi connectivity index (χ0v) is 15.0. The maximum Gasteiger partial charge on any atom is 0.317 e. The van der Waals surface area contributed by atoms with Crippen LogP contribution in [0, 0.1) is 5.92 Å². The van der Waals surface area contributed by atoms with Gasteiger partial charge in [0, 0.05) is 36.9 Å². The number of carbonyl (C=O) groups is 1. The predicted octanol–water partition coefficient (Wildman–Crippen LogP) is 2.06. The van der Waals surface area contributed by atoms with Crippen molar-refractivity contribution in [3.05, 3.63) is 18.0 Å². The first-order chi connectivity index (χ1) is 11.3. The summed E-state index contributed by atoms with van der Waals surface area (Å²) >= 11 is 0. The third-order valence-electron chi connectivity index (χ3n) is 5.08. The van der Waals surface area contributed by atoms with Crippen LogP contribution in [0.2, 0.25) is 0 Å². The van der Waals surface area contributed by atoms with Crippen LogP contribution in [0.25, 0.3) is 0 Å². The second-order valence-electron chi connectivity index (χ2n) is 8.43. The van der Waals surface area contributed by atoms with E-state index in [0.717, 1.165) is 31.8 Å². The number of aromatic nitrogens is 2. The van der Waals surface area contributed by atoms with Crippen molar-refractivity contribution < 1.29 is 9.90 Å². The minimum absolute atomic E-state index is 0.0138. The number of carboxylic acid groups (broad SMARTS) is 1. The van der Waals surface area contributed by atoms with E-state index in [2.05, 4.69) is 42.3 Å². The summed E-state index contributed by atoms with van der Waals surface area (Å²) in [7, 11) is 0. The smallest absolute Gasteiger partial charge is 0.317 e. The van der Waals surface area contributed by atoms with E-state index >= 15 is 0 Å². The van der Waals surface area contributed by atoms with Crippen molar-refractivity contribution in [1.29, 1.82) is 0 Å². The third kappa shape index (κ3) is 4.57. The molecule has 6 heteroatoms. The molecule has 0 aromatic carbocycles. The Hall–Kier alpha value is -1.40. The van der Waals surface area contributed by atoms with Gasteiger partial charge in [-0.2, -0.15) is 5.10 Å². The molecule has 0 bridgehead atoms. The highest BCUT2D eigenvalue weighted by Crippen LogP contribution is 2.33. The molecule has 1 aromatic rings. The number of nitrogens with zero attached hydrogens (tertiary/aromatic N) is 3. The maximum absolute atomic E-state index is 11.1. The van der Waals surface area contributed by atoms with Gasteiger partial charge >= 0.3 is 5.97 Å². The van der Waals surface area contributed by atoms with Gasteiger partial charge < -0.3 is 10.4 Å². The summed E-state index contributed by atoms with van der Waals surface area (Å²) in [5.41, 5.74) is 1.22. The normalized spacial score (nSPS) is 24.2. The van der Waals surface area contributed by atoms with Crippen LogP contribution in [0.1, 0.15) is 52.0 Å². The number of nitrogens with one attached hydrogen (secondary N) is 1. The fraction of sp³-hybridized carbons (Fsp3) is 0.778. The molecule has 0 spiro atoms. The van der Waals surface area contributed by atoms with Gasteiger partial charge in [-0.15, -0.1) is 0 Å². The average molecular weight is 334 g/mol. The molecule has 0 aliphatic heterocycles. The number of hydrogen-bond acceptors (Lipinski definition) is 4. The molecule has 1 aromatic heterocycles. The zero-order valence-electron chi connectivity index (χ0n) is 15.0. The summed E-state index contributed by atoms with van der Waals surface area (Å²) in [6.45, 7) is 8.41. The van der Waals surface area contributed by atoms with Gasteiger partial charge in [0.2, 0.25) is 0 Å². The molecule has 2 aliphatic rings. The highest BCUT2D eigenvalue weighted by atomic mass is 16.4. The number of aliphatic carboxylic acids is 1. The van der Waals surface area contributed by atoms with Crippen molar-refractivity contribution in [2.75, 3.05) is 13.1 Å². The highest BCUT2D eigenvalue weighted by Gasteiger charge is 2.36. The molecule has 0 atom stereocenters. The van der Waals surface area contributed by atoms with Crippen molar-refractivity contribution in [2.45, 2.75) is 70.6 Å². The van der Waals surface area contributed by atoms with E-state index in [-0.39, 0.29) is 12.1 Å². The zero-order chi connectivity index (χ0) is 17.3. The lowest BCUT2D eigenvalue weighted by Crippen LogP contribution is -2.54. The largest absolute Gasteiger partial charge is 0.480 e. The standard InChI is InChI=1S/C18H30N4O2/c1-18(2,3)22-11-14(9-20-22)8-19-15-6-16(7-15)21(12-17(23)24)10-13-4-5-13/h9,11,13,15-16,19H,4-8,10,12H2,1-3H3,(H,23,24). The monoisotopic (exact) mass is 334 g/mol. The molecule has 134 valence electrons. The molecule has 6 nitrogen and oxygen atoms in total. The minimum Gasteiger partial charge on any atom is -0.480 e. The van der Waals surface area contributed by atoms with E-state index < -0.39 is 5.97 Å². The quantitative estimate of drug-likeness (QED) is 0.761. The Morgan fingerprint density at radius 2 is 2.12 bits per heavy atom. The highest BCUT2D eigenvalue weighted by molar-refractivity contribution is 5.69. The van der Waals surface area contributed by atoms with Crippen LogP contribution < -0.4 is 5.32 Å². The molecule has 2 aliphatic carbocycles. The van der Waals surface area contributed by atoms with E-state index in [0.29, 0.717) is 12.1 Å². The van der Waals surface area contributed by atoms with Gasteiger partial charge in [-0.05, 0) is 52.4 Å². The Balaban J connectivity index is 1.42. The molecule has 0 unspecified atom stereocenters. The Morgan fingerprint density at radius 3 is 2.67 bits per heavy atom. The molecular formula is C18H30N4O2. The van der Waals surface area contributed by atoms with E-state index in [9.17, 15) is 4.79 Å². The second-order valence-corrected chi connectivity index (χ2v) is 8.43. The Labute approximate surface area is 144 Å². The van der Waals surface area contributed by atoms with Gasteiger partial charge in [0.1, 0.15) is 0 Å². The molecular weight excluding hydrogens is 304 g/mol. The first-order valence-electron chi connectivity index (χ1n) is 9.04. The van der Waals surface area contributed by atoms with Gasteiger partial charge in [-0.25, -0.2) is 0 Å². The number of rotatable bonds is 8. The fourth-order valence-electron chi connectivity index (χ4n) is 3.28. The molecule has 0 radical (unpaired) electrons. The van der Waals surface area contributed by atoms with Gasteiger partial charge in [0.05, 0.1) is 18.3 Å². The van der Waals surface area contributed by atoms with Crippen molar-refractivity contribution in [3.63, 3.8) is 0 Å². The molecule has 1 heterocycles. The van der Waals surface area contributed by atoms with E-state index in [1.165, 1.54) is 18.4 Å². The van der Waals surface area contributed by atoms with Crippen LogP contribution in [0.5, 0.6) is 0 Å². The van der Waals surface area contributed by atoms with Gasteiger partial charge in [-0.1, -0.05) is 0 Å². The van der Waals surface area contributed by atoms with Crippen LogP contribution in [0.3, 0.4) is 0 Å². The summed E-state index contributed by atoms with van der Waals surface area (Å²) in [5.74, 6) is 0.0289. The van der Waals surface area contributed by atoms with Crippen LogP contribution in [0.15, 0.2) is 12.4 Å². The van der Waals surface area contributed by atoms with Crippen molar-refractivity contribution >= 4 is 5.97 Å². The minimum atomic E-state index is -0.707. The lowest BCUT2D eigenvalue weighted by molar-refractivity contribution is -0.139. The Kier molecular flexibility index (Phi) is 4.97. The summed E-state index contributed by atoms with van der Waals surface area (Å²) in [6, 6.07) is 0.917. The van der Waals surface area contributed by atoms with Crippen LogP contribution >= 0.6 is 0 Å². The van der Waals surface area contributed by atoms with Crippen molar-refractivity contribution in [3.8, 4) is 0 Å². The Bertz CT molecular complexity index is 568. The summed E-state index contributed by atoms with van der Waals surface area (Å²) in [4.78, 5) is 13.2. The molecule has 0 amide bonds. The Morgan fingerprint density at radius 1 is 1.42 bits per heavy atom. The summed E-state index contributed by atoms with van der Waals surface area (Å²) in [6.07, 6.45) is 8.66. The third-order valence-corrected chi connectivity index (χ3v) is 5.08. The van der Waals surface area contributed by atoms with Gasteiger partial charge in [-0.3, -0.25) is 14.4 Å². The first kappa shape index (κ1) is 17.4. The van der Waals surface area contributed by atoms with E-state index in [1.807, 2.05) is 10.9 Å². The van der Waals surface area contributed by atoms with Gasteiger partial charge in [0.15, 0.2) is 0 Å². The SMILES string of the molecule is CC(C)(C)n1cc(CNC2CC(N(CC(=O)O)CC3CC3)C2)cn1. The molecule has 2 saturated carbocycles. The summed E-state index contributed by atoms with van der Waals surface area (Å²) < 4.78 is 2.00. The predicted molar refractivity (Wildman–Crippen MR) is 92.8 cm³/mol. The van der Waals surface area contributed by atoms with Crippen LogP contribution in [0.4, 0.5) is 0 Å². The molecule has 24 heavy (non-hydrogen) atoms. The molecule has 3 rings (SSSR count). The topological polar surface area (TPSA) is 70.4 Å². The number of carboxylic acids is 1. The number of hydrogen-bond donors (Lipinski definition) is 2. The maximum atomic E-state index is 11.1. The van der Waals surface area contributed by atoms with Crippen molar-refractivity contribution in [1.82, 2.24) is 20.0 Å².